The third-order valence-electron chi connectivity index (χ3n) is 9.56. The first-order valence-electron chi connectivity index (χ1n) is 16.3. The first-order valence-corrected chi connectivity index (χ1v) is 16.3. The standard InChI is InChI=1S/C45H25N5/c1-48-40-24-30(28-47)23-38(45(40)50-43-19-7-4-16-37(43)39-22-29(27-46)20-21-44(39)50)33-12-8-10-31(25-33)32-11-9-13-34(26-32)49-41-17-5-2-14-35(41)36-15-3-6-18-42(36)49/h2-26H. The van der Waals surface area contributed by atoms with E-state index in [9.17, 15) is 10.5 Å². The minimum Gasteiger partial charge on any atom is -0.318 e. The largest absolute Gasteiger partial charge is 0.318 e. The minimum atomic E-state index is 0.379. The molecule has 0 N–H and O–H groups in total. The van der Waals surface area contributed by atoms with Crippen LogP contribution >= 0.6 is 0 Å². The van der Waals surface area contributed by atoms with E-state index in [-0.39, 0.29) is 0 Å². The number of para-hydroxylation sites is 3. The Hall–Kier alpha value is -7.39. The molecule has 9 rings (SSSR count). The van der Waals surface area contributed by atoms with Crippen LogP contribution in [0.2, 0.25) is 0 Å². The zero-order valence-electron chi connectivity index (χ0n) is 26.7. The molecule has 50 heavy (non-hydrogen) atoms. The molecule has 0 fully saturated rings. The average Bonchev–Trinajstić information content (AvgIpc) is 3.70. The van der Waals surface area contributed by atoms with Crippen molar-refractivity contribution in [1.82, 2.24) is 9.13 Å². The molecule has 5 nitrogen and oxygen atoms in total. The summed E-state index contributed by atoms with van der Waals surface area (Å²) in [5, 5.41) is 24.1. The first-order chi connectivity index (χ1) is 24.7. The van der Waals surface area contributed by atoms with Crippen LogP contribution in [0, 0.1) is 29.2 Å². The highest BCUT2D eigenvalue weighted by Crippen LogP contribution is 2.43. The van der Waals surface area contributed by atoms with Crippen LogP contribution < -0.4 is 0 Å². The Morgan fingerprint density at radius 3 is 1.68 bits per heavy atom. The second kappa shape index (κ2) is 11.4. The SMILES string of the molecule is [C-]#[N+]c1cc(C#N)cc(-c2cccc(-c3cccc(-n4c5ccccc5c5ccccc54)c3)c2)c1-n1c2ccccc2c2cc(C#N)ccc21. The Balaban J connectivity index is 1.26. The Morgan fingerprint density at radius 2 is 1.02 bits per heavy atom. The van der Waals surface area contributed by atoms with E-state index in [0.717, 1.165) is 60.8 Å². The van der Waals surface area contributed by atoms with Gasteiger partial charge in [-0.05, 0) is 89.0 Å². The van der Waals surface area contributed by atoms with E-state index in [2.05, 4.69) is 111 Å². The Bertz CT molecular complexity index is 2920. The number of nitrogens with zero attached hydrogens (tertiary/aromatic N) is 5. The lowest BCUT2D eigenvalue weighted by atomic mass is 9.95. The van der Waals surface area contributed by atoms with Gasteiger partial charge in [0.2, 0.25) is 5.69 Å². The molecule has 0 aliphatic heterocycles. The summed E-state index contributed by atoms with van der Waals surface area (Å²) in [5.74, 6) is 0. The Labute approximate surface area is 288 Å². The van der Waals surface area contributed by atoms with E-state index >= 15 is 0 Å². The zero-order chi connectivity index (χ0) is 33.8. The summed E-state index contributed by atoms with van der Waals surface area (Å²) in [6.45, 7) is 8.24. The summed E-state index contributed by atoms with van der Waals surface area (Å²) in [4.78, 5) is 3.96. The molecule has 0 bridgehead atoms. The van der Waals surface area contributed by atoms with Crippen molar-refractivity contribution < 1.29 is 0 Å². The van der Waals surface area contributed by atoms with Crippen LogP contribution in [0.1, 0.15) is 11.1 Å². The highest BCUT2D eigenvalue weighted by Gasteiger charge is 2.21. The van der Waals surface area contributed by atoms with E-state index in [1.165, 1.54) is 10.8 Å². The molecule has 0 atom stereocenters. The van der Waals surface area contributed by atoms with Crippen LogP contribution in [0.3, 0.4) is 0 Å². The maximum absolute atomic E-state index is 10.1. The van der Waals surface area contributed by atoms with Crippen molar-refractivity contribution >= 4 is 49.3 Å². The normalized spacial score (nSPS) is 11.1. The molecule has 0 unspecified atom stereocenters. The molecule has 7 aromatic carbocycles. The van der Waals surface area contributed by atoms with Crippen molar-refractivity contribution in [3.05, 3.63) is 174 Å². The fourth-order valence-electron chi connectivity index (χ4n) is 7.40. The number of hydrogen-bond acceptors (Lipinski definition) is 2. The highest BCUT2D eigenvalue weighted by molar-refractivity contribution is 6.11. The lowest BCUT2D eigenvalue weighted by molar-refractivity contribution is 1.18. The van der Waals surface area contributed by atoms with Crippen LogP contribution in [-0.2, 0) is 0 Å². The van der Waals surface area contributed by atoms with E-state index in [4.69, 9.17) is 6.57 Å². The van der Waals surface area contributed by atoms with Gasteiger partial charge in [0.1, 0.15) is 0 Å². The molecule has 2 heterocycles. The van der Waals surface area contributed by atoms with Crippen LogP contribution in [0.25, 0.3) is 82.1 Å². The predicted octanol–water partition coefficient (Wildman–Crippen LogP) is 11.5. The summed E-state index contributed by atoms with van der Waals surface area (Å²) in [6, 6.07) is 55.6. The second-order valence-corrected chi connectivity index (χ2v) is 12.3. The number of rotatable bonds is 4. The Kier molecular flexibility index (Phi) is 6.56. The third kappa shape index (κ3) is 4.38. The van der Waals surface area contributed by atoms with Gasteiger partial charge in [0.15, 0.2) is 0 Å². The van der Waals surface area contributed by atoms with Gasteiger partial charge in [-0.15, -0.1) is 0 Å². The quantitative estimate of drug-likeness (QED) is 0.181. The van der Waals surface area contributed by atoms with Crippen molar-refractivity contribution in [3.63, 3.8) is 0 Å². The molecule has 5 heteroatoms. The highest BCUT2D eigenvalue weighted by atomic mass is 15.0. The van der Waals surface area contributed by atoms with Gasteiger partial charge in [-0.1, -0.05) is 84.9 Å². The minimum absolute atomic E-state index is 0.379. The van der Waals surface area contributed by atoms with E-state index in [0.29, 0.717) is 22.5 Å². The predicted molar refractivity (Wildman–Crippen MR) is 202 cm³/mol. The molecular weight excluding hydrogens is 611 g/mol. The van der Waals surface area contributed by atoms with Gasteiger partial charge in [0.25, 0.3) is 0 Å². The summed E-state index contributed by atoms with van der Waals surface area (Å²) >= 11 is 0. The Morgan fingerprint density at radius 1 is 0.460 bits per heavy atom. The summed E-state index contributed by atoms with van der Waals surface area (Å²) in [7, 11) is 0. The van der Waals surface area contributed by atoms with Gasteiger partial charge >= 0.3 is 0 Å². The molecule has 2 aromatic heterocycles. The van der Waals surface area contributed by atoms with Crippen LogP contribution in [0.4, 0.5) is 5.69 Å². The molecule has 0 spiro atoms. The lowest BCUT2D eigenvalue weighted by Crippen LogP contribution is -1.99. The number of nitriles is 2. The molecule has 0 saturated carbocycles. The number of fused-ring (bicyclic) bond motifs is 6. The van der Waals surface area contributed by atoms with Crippen LogP contribution in [0.5, 0.6) is 0 Å². The van der Waals surface area contributed by atoms with Crippen molar-refractivity contribution in [3.8, 4) is 45.8 Å². The van der Waals surface area contributed by atoms with Crippen molar-refractivity contribution in [1.29, 1.82) is 10.5 Å². The van der Waals surface area contributed by atoms with Gasteiger partial charge < -0.3 is 9.13 Å². The molecular formula is C45H25N5. The fraction of sp³-hybridized carbons (Fsp3) is 0. The lowest BCUT2D eigenvalue weighted by Gasteiger charge is -2.17. The van der Waals surface area contributed by atoms with Crippen molar-refractivity contribution in [2.75, 3.05) is 0 Å². The summed E-state index contributed by atoms with van der Waals surface area (Å²) < 4.78 is 4.42. The third-order valence-corrected chi connectivity index (χ3v) is 9.56. The molecule has 0 aliphatic rings. The van der Waals surface area contributed by atoms with Crippen molar-refractivity contribution in [2.45, 2.75) is 0 Å². The zero-order valence-corrected chi connectivity index (χ0v) is 26.7. The first kappa shape index (κ1) is 28.8. The summed E-state index contributed by atoms with van der Waals surface area (Å²) in [6.07, 6.45) is 0. The van der Waals surface area contributed by atoms with Gasteiger partial charge in [-0.2, -0.15) is 10.5 Å². The smallest absolute Gasteiger partial charge is 0.212 e. The summed E-state index contributed by atoms with van der Waals surface area (Å²) in [5.41, 5.74) is 11.0. The molecule has 0 aliphatic carbocycles. The van der Waals surface area contributed by atoms with Gasteiger partial charge in [0.05, 0.1) is 52.0 Å². The van der Waals surface area contributed by atoms with Crippen molar-refractivity contribution in [2.24, 2.45) is 0 Å². The van der Waals surface area contributed by atoms with Crippen LogP contribution in [0.15, 0.2) is 152 Å². The maximum atomic E-state index is 10.1. The topological polar surface area (TPSA) is 61.8 Å². The van der Waals surface area contributed by atoms with Gasteiger partial charge in [-0.3, -0.25) is 0 Å². The van der Waals surface area contributed by atoms with Crippen LogP contribution in [-0.4, -0.2) is 9.13 Å². The van der Waals surface area contributed by atoms with E-state index in [1.54, 1.807) is 6.07 Å². The average molecular weight is 636 g/mol. The van der Waals surface area contributed by atoms with E-state index in [1.807, 2.05) is 60.7 Å². The fourth-order valence-corrected chi connectivity index (χ4v) is 7.40. The maximum Gasteiger partial charge on any atom is 0.212 e. The molecule has 0 saturated heterocycles. The second-order valence-electron chi connectivity index (χ2n) is 12.3. The monoisotopic (exact) mass is 635 g/mol. The molecule has 230 valence electrons. The molecule has 0 radical (unpaired) electrons. The number of aromatic nitrogens is 2. The molecule has 9 aromatic rings. The number of hydrogen-bond donors (Lipinski definition) is 0. The van der Waals surface area contributed by atoms with E-state index < -0.39 is 0 Å². The molecule has 0 amide bonds. The van der Waals surface area contributed by atoms with Gasteiger partial charge in [0, 0.05) is 32.8 Å². The van der Waals surface area contributed by atoms with Gasteiger partial charge in [-0.25, -0.2) is 4.85 Å². The number of benzene rings is 7.